The molecular weight excluding hydrogens is 386 g/mol. The van der Waals surface area contributed by atoms with Gasteiger partial charge in [0, 0.05) is 20.1 Å². The van der Waals surface area contributed by atoms with Crippen molar-refractivity contribution in [3.63, 3.8) is 0 Å². The minimum atomic E-state index is -0.974. The molecule has 0 aromatic heterocycles. The zero-order valence-electron chi connectivity index (χ0n) is 20.5. The van der Waals surface area contributed by atoms with Crippen molar-refractivity contribution in [3.8, 4) is 0 Å². The average Bonchev–Trinajstić information content (AvgIpc) is 2.63. The third-order valence-corrected chi connectivity index (χ3v) is 5.88. The molecule has 0 aliphatic heterocycles. The molecule has 4 unspecified atom stereocenters. The molecule has 0 saturated carbocycles. The van der Waals surface area contributed by atoms with E-state index in [4.69, 9.17) is 4.74 Å². The van der Waals surface area contributed by atoms with Gasteiger partial charge in [-0.25, -0.2) is 0 Å². The Labute approximate surface area is 182 Å². The summed E-state index contributed by atoms with van der Waals surface area (Å²) in [6.45, 7) is 11.8. The lowest BCUT2D eigenvalue weighted by molar-refractivity contribution is -0.879. The van der Waals surface area contributed by atoms with E-state index in [-0.39, 0.29) is 42.0 Å². The summed E-state index contributed by atoms with van der Waals surface area (Å²) in [5.74, 6) is -1.32. The van der Waals surface area contributed by atoms with Crippen molar-refractivity contribution >= 4 is 17.8 Å². The van der Waals surface area contributed by atoms with Gasteiger partial charge in [-0.2, -0.15) is 0 Å². The quantitative estimate of drug-likeness (QED) is 0.399. The van der Waals surface area contributed by atoms with E-state index in [0.29, 0.717) is 0 Å². The largest absolute Gasteiger partial charge is 0.481 e. The van der Waals surface area contributed by atoms with Crippen molar-refractivity contribution in [1.29, 1.82) is 0 Å². The third-order valence-electron chi connectivity index (χ3n) is 5.88. The Morgan fingerprint density at radius 1 is 1.07 bits per heavy atom. The van der Waals surface area contributed by atoms with E-state index in [1.54, 1.807) is 11.9 Å². The standard InChI is InChI=1S/C22H43N3O5/c1-11-15(6)20(16(30-10)12-17(26)27)25(9)22(29)18(13(2)3)23-21(28)19(14(4)5)24(7)8/h13-16,18-20H,11-12H2,1-10H3,(H,23,28)(H,26,27)/p+1/t15-,16?,18?,19?,20?/m0/s1. The number of methoxy groups -OCH3 is 1. The van der Waals surface area contributed by atoms with Gasteiger partial charge in [-0.05, 0) is 11.8 Å². The second-order valence-electron chi connectivity index (χ2n) is 9.23. The molecule has 2 amide bonds. The zero-order chi connectivity index (χ0) is 23.8. The summed E-state index contributed by atoms with van der Waals surface area (Å²) in [6, 6.07) is -1.38. The number of hydrogen-bond donors (Lipinski definition) is 3. The number of carbonyl (C=O) groups is 3. The third kappa shape index (κ3) is 7.87. The minimum Gasteiger partial charge on any atom is -0.481 e. The van der Waals surface area contributed by atoms with Crippen LogP contribution in [0.3, 0.4) is 0 Å². The Bertz CT molecular complexity index is 557. The molecule has 0 aromatic rings. The molecule has 8 nitrogen and oxygen atoms in total. The van der Waals surface area contributed by atoms with Crippen LogP contribution < -0.4 is 10.2 Å². The van der Waals surface area contributed by atoms with Gasteiger partial charge in [0.25, 0.3) is 5.91 Å². The van der Waals surface area contributed by atoms with Gasteiger partial charge in [0.2, 0.25) is 5.91 Å². The molecule has 0 aromatic carbocycles. The van der Waals surface area contributed by atoms with E-state index in [0.717, 1.165) is 11.3 Å². The van der Waals surface area contributed by atoms with Gasteiger partial charge in [-0.1, -0.05) is 48.0 Å². The highest BCUT2D eigenvalue weighted by atomic mass is 16.5. The summed E-state index contributed by atoms with van der Waals surface area (Å²) < 4.78 is 5.47. The number of nitrogens with one attached hydrogen (secondary N) is 2. The molecule has 0 fully saturated rings. The summed E-state index contributed by atoms with van der Waals surface area (Å²) in [4.78, 5) is 40.3. The summed E-state index contributed by atoms with van der Waals surface area (Å²) in [7, 11) is 7.00. The first-order valence-corrected chi connectivity index (χ1v) is 10.9. The molecule has 0 bridgehead atoms. The normalized spacial score (nSPS) is 16.8. The molecule has 8 heteroatoms. The SMILES string of the molecule is CC[C@H](C)C(C(CC(=O)O)OC)N(C)C(=O)C(NC(=O)C(C(C)C)[NH+](C)C)C(C)C. The lowest BCUT2D eigenvalue weighted by atomic mass is 9.90. The average molecular weight is 431 g/mol. The number of quaternary nitrogens is 1. The predicted molar refractivity (Wildman–Crippen MR) is 117 cm³/mol. The molecule has 176 valence electrons. The van der Waals surface area contributed by atoms with Crippen molar-refractivity contribution in [2.24, 2.45) is 17.8 Å². The zero-order valence-corrected chi connectivity index (χ0v) is 20.5. The van der Waals surface area contributed by atoms with Gasteiger partial charge in [0.1, 0.15) is 6.04 Å². The first-order valence-electron chi connectivity index (χ1n) is 10.9. The highest BCUT2D eigenvalue weighted by Gasteiger charge is 2.39. The monoisotopic (exact) mass is 430 g/mol. The fourth-order valence-electron chi connectivity index (χ4n) is 4.11. The van der Waals surface area contributed by atoms with Crippen LogP contribution in [0.1, 0.15) is 54.4 Å². The maximum atomic E-state index is 13.5. The number of ether oxygens (including phenoxy) is 1. The van der Waals surface area contributed by atoms with E-state index in [9.17, 15) is 19.5 Å². The summed E-state index contributed by atoms with van der Waals surface area (Å²) in [6.07, 6.45) is -0.0641. The molecule has 0 rings (SSSR count). The van der Waals surface area contributed by atoms with E-state index in [2.05, 4.69) is 5.32 Å². The Kier molecular flexibility index (Phi) is 12.2. The van der Waals surface area contributed by atoms with Gasteiger partial charge < -0.3 is 25.0 Å². The topological polar surface area (TPSA) is 100 Å². The Hall–Kier alpha value is -1.67. The summed E-state index contributed by atoms with van der Waals surface area (Å²) in [5.41, 5.74) is 0. The van der Waals surface area contributed by atoms with Crippen molar-refractivity contribution in [2.75, 3.05) is 28.3 Å². The summed E-state index contributed by atoms with van der Waals surface area (Å²) in [5, 5.41) is 12.2. The number of amides is 2. The fourth-order valence-corrected chi connectivity index (χ4v) is 4.11. The lowest BCUT2D eigenvalue weighted by Crippen LogP contribution is -3.12. The van der Waals surface area contributed by atoms with Crippen LogP contribution in [0.15, 0.2) is 0 Å². The van der Waals surface area contributed by atoms with Crippen LogP contribution in [0.5, 0.6) is 0 Å². The second-order valence-corrected chi connectivity index (χ2v) is 9.23. The number of nitrogens with zero attached hydrogens (tertiary/aromatic N) is 1. The van der Waals surface area contributed by atoms with Crippen molar-refractivity contribution in [3.05, 3.63) is 0 Å². The van der Waals surface area contributed by atoms with Crippen molar-refractivity contribution in [2.45, 2.75) is 78.6 Å². The predicted octanol–water partition coefficient (Wildman–Crippen LogP) is 0.659. The number of aliphatic carboxylic acids is 1. The molecule has 0 saturated heterocycles. The van der Waals surface area contributed by atoms with Gasteiger partial charge in [0.05, 0.1) is 32.7 Å². The highest BCUT2D eigenvalue weighted by molar-refractivity contribution is 5.89. The number of carbonyl (C=O) groups excluding carboxylic acids is 2. The van der Waals surface area contributed by atoms with E-state index in [1.165, 1.54) is 7.11 Å². The van der Waals surface area contributed by atoms with Crippen LogP contribution in [-0.2, 0) is 19.1 Å². The molecule has 0 radical (unpaired) electrons. The van der Waals surface area contributed by atoms with Gasteiger partial charge >= 0.3 is 5.97 Å². The van der Waals surface area contributed by atoms with Crippen molar-refractivity contribution in [1.82, 2.24) is 10.2 Å². The fraction of sp³-hybridized carbons (Fsp3) is 0.864. The smallest absolute Gasteiger partial charge is 0.306 e. The number of hydrogen-bond acceptors (Lipinski definition) is 4. The first-order chi connectivity index (χ1) is 13.8. The van der Waals surface area contributed by atoms with E-state index < -0.39 is 24.2 Å². The van der Waals surface area contributed by atoms with Gasteiger partial charge in [0.15, 0.2) is 6.04 Å². The number of carboxylic acids is 1. The Balaban J connectivity index is 5.80. The first kappa shape index (κ1) is 28.3. The summed E-state index contributed by atoms with van der Waals surface area (Å²) >= 11 is 0. The Morgan fingerprint density at radius 3 is 1.93 bits per heavy atom. The molecular formula is C22H44N3O5+. The Morgan fingerprint density at radius 2 is 1.60 bits per heavy atom. The van der Waals surface area contributed by atoms with Crippen LogP contribution in [0.2, 0.25) is 0 Å². The van der Waals surface area contributed by atoms with Crippen LogP contribution >= 0.6 is 0 Å². The number of carboxylic acid groups (broad SMARTS) is 1. The number of likely N-dealkylation sites (N-methyl/N-ethyl adjacent to an activating group) is 2. The number of rotatable bonds is 13. The van der Waals surface area contributed by atoms with Gasteiger partial charge in [-0.3, -0.25) is 14.4 Å². The maximum Gasteiger partial charge on any atom is 0.306 e. The van der Waals surface area contributed by atoms with Crippen LogP contribution in [0, 0.1) is 17.8 Å². The van der Waals surface area contributed by atoms with Crippen LogP contribution in [-0.4, -0.2) is 80.3 Å². The molecule has 0 aliphatic carbocycles. The van der Waals surface area contributed by atoms with E-state index >= 15 is 0 Å². The molecule has 3 N–H and O–H groups in total. The van der Waals surface area contributed by atoms with Crippen LogP contribution in [0.25, 0.3) is 0 Å². The molecule has 30 heavy (non-hydrogen) atoms. The molecule has 5 atom stereocenters. The van der Waals surface area contributed by atoms with E-state index in [1.807, 2.05) is 55.6 Å². The van der Waals surface area contributed by atoms with Crippen LogP contribution in [0.4, 0.5) is 0 Å². The maximum absolute atomic E-state index is 13.5. The second kappa shape index (κ2) is 12.9. The molecule has 0 heterocycles. The van der Waals surface area contributed by atoms with Crippen molar-refractivity contribution < 1.29 is 29.1 Å². The molecule has 0 spiro atoms. The van der Waals surface area contributed by atoms with Gasteiger partial charge in [-0.15, -0.1) is 0 Å². The minimum absolute atomic E-state index is 0.0291. The molecule has 0 aliphatic rings. The lowest BCUT2D eigenvalue weighted by Gasteiger charge is -2.39. The highest BCUT2D eigenvalue weighted by Crippen LogP contribution is 2.23.